The first kappa shape index (κ1) is 14.1. The minimum absolute atomic E-state index is 0.0683. The molecule has 1 aromatic carbocycles. The Balaban J connectivity index is 2.68. The number of nitrogens with one attached hydrogen (secondary N) is 1. The molecule has 0 fully saturated rings. The Labute approximate surface area is 103 Å². The Morgan fingerprint density at radius 1 is 1.29 bits per heavy atom. The molecule has 0 aromatic heterocycles. The van der Waals surface area contributed by atoms with E-state index in [4.69, 9.17) is 4.74 Å². The van der Waals surface area contributed by atoms with Crippen molar-refractivity contribution in [3.8, 4) is 0 Å². The molecule has 0 bridgehead atoms. The second-order valence-electron chi connectivity index (χ2n) is 4.26. The summed E-state index contributed by atoms with van der Waals surface area (Å²) in [4.78, 5) is 0. The van der Waals surface area contributed by atoms with Crippen LogP contribution in [-0.2, 0) is 4.74 Å². The Bertz CT molecular complexity index is 330. The molecule has 3 heteroatoms. The molecule has 1 aromatic rings. The van der Waals surface area contributed by atoms with Crippen molar-refractivity contribution in [3.63, 3.8) is 0 Å². The first-order valence-electron chi connectivity index (χ1n) is 6.19. The topological polar surface area (TPSA) is 21.3 Å². The van der Waals surface area contributed by atoms with Crippen LogP contribution in [0.3, 0.4) is 0 Å². The maximum Gasteiger partial charge on any atom is 0.127 e. The van der Waals surface area contributed by atoms with Gasteiger partial charge in [-0.3, -0.25) is 0 Å². The van der Waals surface area contributed by atoms with E-state index in [-0.39, 0.29) is 18.0 Å². The third-order valence-corrected chi connectivity index (χ3v) is 3.00. The van der Waals surface area contributed by atoms with Crippen LogP contribution in [0, 0.1) is 5.82 Å². The van der Waals surface area contributed by atoms with E-state index in [0.717, 1.165) is 24.9 Å². The van der Waals surface area contributed by atoms with Crippen LogP contribution in [0.5, 0.6) is 0 Å². The average molecular weight is 239 g/mol. The summed E-state index contributed by atoms with van der Waals surface area (Å²) in [6.45, 7) is 4.90. The van der Waals surface area contributed by atoms with Crippen LogP contribution in [0.4, 0.5) is 4.39 Å². The second-order valence-corrected chi connectivity index (χ2v) is 4.26. The molecule has 0 heterocycles. The van der Waals surface area contributed by atoms with Crippen molar-refractivity contribution in [2.24, 2.45) is 0 Å². The molecule has 0 spiro atoms. The van der Waals surface area contributed by atoms with Gasteiger partial charge in [0.25, 0.3) is 0 Å². The summed E-state index contributed by atoms with van der Waals surface area (Å²) in [5, 5.41) is 3.32. The summed E-state index contributed by atoms with van der Waals surface area (Å²) < 4.78 is 18.9. The summed E-state index contributed by atoms with van der Waals surface area (Å²) in [6, 6.07) is 7.03. The lowest BCUT2D eigenvalue weighted by Gasteiger charge is -2.20. The number of benzene rings is 1. The molecule has 0 saturated carbocycles. The van der Waals surface area contributed by atoms with Crippen molar-refractivity contribution in [2.75, 3.05) is 13.7 Å². The lowest BCUT2D eigenvalue weighted by atomic mass is 10.00. The van der Waals surface area contributed by atoms with Crippen LogP contribution in [-0.4, -0.2) is 19.8 Å². The van der Waals surface area contributed by atoms with Gasteiger partial charge in [0.2, 0.25) is 0 Å². The predicted molar refractivity (Wildman–Crippen MR) is 68.5 cm³/mol. The summed E-state index contributed by atoms with van der Waals surface area (Å²) in [6.07, 6.45) is 2.01. The number of hydrogen-bond acceptors (Lipinski definition) is 2. The number of rotatable bonds is 7. The molecule has 0 saturated heterocycles. The lowest BCUT2D eigenvalue weighted by Crippen LogP contribution is -2.23. The Morgan fingerprint density at radius 2 is 2.00 bits per heavy atom. The maximum atomic E-state index is 13.7. The van der Waals surface area contributed by atoms with Gasteiger partial charge in [-0.25, -0.2) is 4.39 Å². The van der Waals surface area contributed by atoms with E-state index in [2.05, 4.69) is 5.32 Å². The van der Waals surface area contributed by atoms with Crippen LogP contribution in [0.2, 0.25) is 0 Å². The van der Waals surface area contributed by atoms with Crippen molar-refractivity contribution in [1.29, 1.82) is 0 Å². The molecule has 0 aliphatic heterocycles. The summed E-state index contributed by atoms with van der Waals surface area (Å²) >= 11 is 0. The number of hydrogen-bond donors (Lipinski definition) is 1. The summed E-state index contributed by atoms with van der Waals surface area (Å²) in [5.74, 6) is -0.136. The van der Waals surface area contributed by atoms with Crippen molar-refractivity contribution < 1.29 is 9.13 Å². The Morgan fingerprint density at radius 3 is 2.59 bits per heavy atom. The highest BCUT2D eigenvalue weighted by Gasteiger charge is 2.15. The molecule has 2 unspecified atom stereocenters. The molecule has 0 radical (unpaired) electrons. The zero-order valence-electron chi connectivity index (χ0n) is 10.9. The van der Waals surface area contributed by atoms with Gasteiger partial charge in [0, 0.05) is 18.7 Å². The standard InChI is InChI=1S/C14H22FNO/c1-4-16-14(10-9-11(2)17-3)12-7-5-6-8-13(12)15/h5-8,11,14,16H,4,9-10H2,1-3H3. The number of ether oxygens (including phenoxy) is 1. The first-order chi connectivity index (χ1) is 8.19. The van der Waals surface area contributed by atoms with Crippen molar-refractivity contribution in [1.82, 2.24) is 5.32 Å². The third-order valence-electron chi connectivity index (χ3n) is 3.00. The van der Waals surface area contributed by atoms with Gasteiger partial charge in [0.05, 0.1) is 6.10 Å². The van der Waals surface area contributed by atoms with E-state index >= 15 is 0 Å². The zero-order valence-corrected chi connectivity index (χ0v) is 10.9. The SMILES string of the molecule is CCNC(CCC(C)OC)c1ccccc1F. The lowest BCUT2D eigenvalue weighted by molar-refractivity contribution is 0.106. The third kappa shape index (κ3) is 4.44. The number of halogens is 1. The fraction of sp³-hybridized carbons (Fsp3) is 0.571. The Hall–Kier alpha value is -0.930. The minimum atomic E-state index is -0.136. The van der Waals surface area contributed by atoms with E-state index in [1.165, 1.54) is 6.07 Å². The first-order valence-corrected chi connectivity index (χ1v) is 6.19. The molecule has 96 valence electrons. The second kappa shape index (κ2) is 7.41. The van der Waals surface area contributed by atoms with Gasteiger partial charge in [-0.05, 0) is 32.4 Å². The van der Waals surface area contributed by atoms with Crippen LogP contribution in [0.25, 0.3) is 0 Å². The molecule has 2 atom stereocenters. The summed E-state index contributed by atoms with van der Waals surface area (Å²) in [5.41, 5.74) is 0.748. The van der Waals surface area contributed by atoms with Crippen molar-refractivity contribution >= 4 is 0 Å². The van der Waals surface area contributed by atoms with Crippen LogP contribution < -0.4 is 5.32 Å². The van der Waals surface area contributed by atoms with Gasteiger partial charge in [0.15, 0.2) is 0 Å². The van der Waals surface area contributed by atoms with Crippen molar-refractivity contribution in [2.45, 2.75) is 38.8 Å². The highest BCUT2D eigenvalue weighted by molar-refractivity contribution is 5.21. The molecule has 2 nitrogen and oxygen atoms in total. The van der Waals surface area contributed by atoms with Gasteiger partial charge in [0.1, 0.15) is 5.82 Å². The monoisotopic (exact) mass is 239 g/mol. The average Bonchev–Trinajstić information content (AvgIpc) is 2.35. The predicted octanol–water partition coefficient (Wildman–Crippen LogP) is 3.29. The van der Waals surface area contributed by atoms with E-state index in [0.29, 0.717) is 0 Å². The normalized spacial score (nSPS) is 14.6. The fourth-order valence-electron chi connectivity index (χ4n) is 1.89. The summed E-state index contributed by atoms with van der Waals surface area (Å²) in [7, 11) is 1.70. The molecule has 1 N–H and O–H groups in total. The van der Waals surface area contributed by atoms with E-state index < -0.39 is 0 Å². The molecule has 0 aliphatic rings. The maximum absolute atomic E-state index is 13.7. The molecule has 1 rings (SSSR count). The largest absolute Gasteiger partial charge is 0.382 e. The highest BCUT2D eigenvalue weighted by atomic mass is 19.1. The van der Waals surface area contributed by atoms with E-state index in [1.54, 1.807) is 13.2 Å². The van der Waals surface area contributed by atoms with Crippen LogP contribution in [0.15, 0.2) is 24.3 Å². The minimum Gasteiger partial charge on any atom is -0.382 e. The fourth-order valence-corrected chi connectivity index (χ4v) is 1.89. The highest BCUT2D eigenvalue weighted by Crippen LogP contribution is 2.22. The van der Waals surface area contributed by atoms with Crippen LogP contribution >= 0.6 is 0 Å². The van der Waals surface area contributed by atoms with Crippen molar-refractivity contribution in [3.05, 3.63) is 35.6 Å². The van der Waals surface area contributed by atoms with Gasteiger partial charge >= 0.3 is 0 Å². The zero-order chi connectivity index (χ0) is 12.7. The molecule has 17 heavy (non-hydrogen) atoms. The van der Waals surface area contributed by atoms with Gasteiger partial charge in [-0.1, -0.05) is 25.1 Å². The molecular formula is C14H22FNO. The number of methoxy groups -OCH3 is 1. The van der Waals surface area contributed by atoms with Gasteiger partial charge in [-0.15, -0.1) is 0 Å². The molecule has 0 amide bonds. The van der Waals surface area contributed by atoms with E-state index in [1.807, 2.05) is 26.0 Å². The van der Waals surface area contributed by atoms with Gasteiger partial charge < -0.3 is 10.1 Å². The molecule has 0 aliphatic carbocycles. The Kier molecular flexibility index (Phi) is 6.16. The molecular weight excluding hydrogens is 217 g/mol. The van der Waals surface area contributed by atoms with Gasteiger partial charge in [-0.2, -0.15) is 0 Å². The van der Waals surface area contributed by atoms with E-state index in [9.17, 15) is 4.39 Å². The smallest absolute Gasteiger partial charge is 0.127 e. The van der Waals surface area contributed by atoms with Crippen LogP contribution in [0.1, 0.15) is 38.3 Å². The quantitative estimate of drug-likeness (QED) is 0.788.